The molecule has 0 aromatic carbocycles. The van der Waals surface area contributed by atoms with Crippen molar-refractivity contribution in [3.8, 4) is 0 Å². The van der Waals surface area contributed by atoms with Crippen molar-refractivity contribution < 1.29 is 13.2 Å². The molecule has 0 aliphatic carbocycles. The molecule has 1 amide bonds. The Labute approximate surface area is 120 Å². The van der Waals surface area contributed by atoms with Gasteiger partial charge in [-0.2, -0.15) is 0 Å². The number of thiophene rings is 1. The number of amides is 1. The molecule has 4 N–H and O–H groups in total. The average Bonchev–Trinajstić information content (AvgIpc) is 2.95. The standard InChI is InChI=1S/C10H13N3O3S3/c11-10(17)7-2-4-9(18-7)19(15,16)12-5-6-1-3-8(14)13-6/h2,4,6,12H,1,3,5H2,(H2,11,17)(H,13,14). The second kappa shape index (κ2) is 5.53. The Morgan fingerprint density at radius 2 is 2.32 bits per heavy atom. The van der Waals surface area contributed by atoms with Crippen LogP contribution in [0, 0.1) is 0 Å². The molecule has 1 aliphatic heterocycles. The Balaban J connectivity index is 2.01. The van der Waals surface area contributed by atoms with E-state index < -0.39 is 10.0 Å². The van der Waals surface area contributed by atoms with Crippen molar-refractivity contribution in [1.29, 1.82) is 0 Å². The van der Waals surface area contributed by atoms with Gasteiger partial charge in [-0.05, 0) is 18.6 Å². The fraction of sp³-hybridized carbons (Fsp3) is 0.400. The van der Waals surface area contributed by atoms with Crippen LogP contribution in [-0.4, -0.2) is 31.9 Å². The van der Waals surface area contributed by atoms with E-state index >= 15 is 0 Å². The number of nitrogens with one attached hydrogen (secondary N) is 2. The topological polar surface area (TPSA) is 101 Å². The number of sulfonamides is 1. The predicted octanol–water partition coefficient (Wildman–Crippen LogP) is -0.0608. The number of hydrogen-bond acceptors (Lipinski definition) is 5. The van der Waals surface area contributed by atoms with Crippen LogP contribution < -0.4 is 15.8 Å². The highest BCUT2D eigenvalue weighted by Gasteiger charge is 2.24. The largest absolute Gasteiger partial charge is 0.389 e. The Morgan fingerprint density at radius 3 is 2.84 bits per heavy atom. The molecule has 1 aromatic heterocycles. The zero-order valence-corrected chi connectivity index (χ0v) is 12.3. The van der Waals surface area contributed by atoms with Gasteiger partial charge in [-0.1, -0.05) is 12.2 Å². The lowest BCUT2D eigenvalue weighted by molar-refractivity contribution is -0.119. The summed E-state index contributed by atoms with van der Waals surface area (Å²) >= 11 is 5.82. The van der Waals surface area contributed by atoms with Gasteiger partial charge < -0.3 is 11.1 Å². The highest BCUT2D eigenvalue weighted by Crippen LogP contribution is 2.21. The van der Waals surface area contributed by atoms with Crippen molar-refractivity contribution >= 4 is 44.5 Å². The SMILES string of the molecule is NC(=S)c1ccc(S(=O)(=O)NCC2CCC(=O)N2)s1. The highest BCUT2D eigenvalue weighted by molar-refractivity contribution is 7.91. The van der Waals surface area contributed by atoms with Crippen LogP contribution in [0.3, 0.4) is 0 Å². The summed E-state index contributed by atoms with van der Waals surface area (Å²) in [6, 6.07) is 2.91. The molecule has 0 bridgehead atoms. The summed E-state index contributed by atoms with van der Waals surface area (Å²) in [7, 11) is -3.58. The Morgan fingerprint density at radius 1 is 1.58 bits per heavy atom. The number of thiocarbonyl (C=S) groups is 1. The molecule has 1 atom stereocenters. The normalized spacial score (nSPS) is 19.4. The molecule has 9 heteroatoms. The molecule has 1 unspecified atom stereocenters. The van der Waals surface area contributed by atoms with Gasteiger partial charge in [-0.25, -0.2) is 13.1 Å². The molecule has 19 heavy (non-hydrogen) atoms. The van der Waals surface area contributed by atoms with E-state index in [2.05, 4.69) is 10.0 Å². The van der Waals surface area contributed by atoms with Gasteiger partial charge in [-0.15, -0.1) is 11.3 Å². The molecule has 1 aromatic rings. The Bertz CT molecular complexity index is 609. The second-order valence-electron chi connectivity index (χ2n) is 4.14. The van der Waals surface area contributed by atoms with E-state index in [1.165, 1.54) is 6.07 Å². The van der Waals surface area contributed by atoms with E-state index in [-0.39, 0.29) is 27.7 Å². The van der Waals surface area contributed by atoms with E-state index in [9.17, 15) is 13.2 Å². The van der Waals surface area contributed by atoms with Crippen LogP contribution in [0.5, 0.6) is 0 Å². The van der Waals surface area contributed by atoms with Gasteiger partial charge >= 0.3 is 0 Å². The molecule has 0 radical (unpaired) electrons. The highest BCUT2D eigenvalue weighted by atomic mass is 32.2. The minimum atomic E-state index is -3.58. The molecular formula is C10H13N3O3S3. The van der Waals surface area contributed by atoms with Crippen LogP contribution in [0.25, 0.3) is 0 Å². The fourth-order valence-corrected chi connectivity index (χ4v) is 4.19. The zero-order chi connectivity index (χ0) is 14.0. The first-order valence-corrected chi connectivity index (χ1v) is 8.28. The van der Waals surface area contributed by atoms with E-state index in [1.54, 1.807) is 6.07 Å². The van der Waals surface area contributed by atoms with Crippen molar-refractivity contribution in [2.45, 2.75) is 23.1 Å². The first kappa shape index (κ1) is 14.4. The maximum Gasteiger partial charge on any atom is 0.250 e. The Hall–Kier alpha value is -1.03. The Kier molecular flexibility index (Phi) is 4.19. The van der Waals surface area contributed by atoms with Crippen molar-refractivity contribution in [1.82, 2.24) is 10.0 Å². The number of carbonyl (C=O) groups is 1. The van der Waals surface area contributed by atoms with Crippen LogP contribution in [-0.2, 0) is 14.8 Å². The number of carbonyl (C=O) groups excluding carboxylic acids is 1. The minimum absolute atomic E-state index is 0.0453. The van der Waals surface area contributed by atoms with Gasteiger partial charge in [0.15, 0.2) is 0 Å². The molecule has 0 spiro atoms. The van der Waals surface area contributed by atoms with E-state index in [0.717, 1.165) is 11.3 Å². The maximum atomic E-state index is 12.0. The van der Waals surface area contributed by atoms with Crippen LogP contribution in [0.2, 0.25) is 0 Å². The van der Waals surface area contributed by atoms with E-state index in [4.69, 9.17) is 18.0 Å². The third kappa shape index (κ3) is 3.50. The van der Waals surface area contributed by atoms with Gasteiger partial charge in [0.25, 0.3) is 0 Å². The number of rotatable bonds is 5. The molecule has 0 saturated carbocycles. The smallest absolute Gasteiger partial charge is 0.250 e. The van der Waals surface area contributed by atoms with Gasteiger partial charge in [-0.3, -0.25) is 4.79 Å². The first-order valence-electron chi connectivity index (χ1n) is 5.57. The van der Waals surface area contributed by atoms with Crippen molar-refractivity contribution in [2.24, 2.45) is 5.73 Å². The summed E-state index contributed by atoms with van der Waals surface area (Å²) in [5.41, 5.74) is 5.44. The molecular weight excluding hydrogens is 306 g/mol. The van der Waals surface area contributed by atoms with Gasteiger partial charge in [0, 0.05) is 19.0 Å². The van der Waals surface area contributed by atoms with Crippen LogP contribution in [0.4, 0.5) is 0 Å². The summed E-state index contributed by atoms with van der Waals surface area (Å²) in [6.45, 7) is 0.189. The quantitative estimate of drug-likeness (QED) is 0.660. The van der Waals surface area contributed by atoms with E-state index in [0.29, 0.717) is 17.7 Å². The van der Waals surface area contributed by atoms with Crippen LogP contribution >= 0.6 is 23.6 Å². The summed E-state index contributed by atoms with van der Waals surface area (Å²) in [4.78, 5) is 11.7. The third-order valence-corrected chi connectivity index (χ3v) is 6.08. The van der Waals surface area contributed by atoms with Crippen molar-refractivity contribution in [3.63, 3.8) is 0 Å². The molecule has 2 rings (SSSR count). The van der Waals surface area contributed by atoms with Crippen LogP contribution in [0.15, 0.2) is 16.3 Å². The molecule has 2 heterocycles. The third-order valence-electron chi connectivity index (χ3n) is 2.69. The summed E-state index contributed by atoms with van der Waals surface area (Å²) in [5, 5.41) is 2.70. The maximum absolute atomic E-state index is 12.0. The zero-order valence-electron chi connectivity index (χ0n) is 9.88. The van der Waals surface area contributed by atoms with Crippen molar-refractivity contribution in [2.75, 3.05) is 6.54 Å². The summed E-state index contributed by atoms with van der Waals surface area (Å²) in [6.07, 6.45) is 1.08. The lowest BCUT2D eigenvalue weighted by Gasteiger charge is -2.10. The number of hydrogen-bond donors (Lipinski definition) is 3. The summed E-state index contributed by atoms with van der Waals surface area (Å²) < 4.78 is 26.7. The molecule has 104 valence electrons. The lowest BCUT2D eigenvalue weighted by atomic mass is 10.2. The second-order valence-corrected chi connectivity index (χ2v) is 7.66. The number of nitrogens with two attached hydrogens (primary N) is 1. The monoisotopic (exact) mass is 319 g/mol. The lowest BCUT2D eigenvalue weighted by Crippen LogP contribution is -2.38. The molecule has 1 fully saturated rings. The molecule has 6 nitrogen and oxygen atoms in total. The van der Waals surface area contributed by atoms with Crippen molar-refractivity contribution in [3.05, 3.63) is 17.0 Å². The fourth-order valence-electron chi connectivity index (χ4n) is 1.71. The average molecular weight is 319 g/mol. The molecule has 1 aliphatic rings. The summed E-state index contributed by atoms with van der Waals surface area (Å²) in [5.74, 6) is -0.0453. The van der Waals surface area contributed by atoms with Gasteiger partial charge in [0.1, 0.15) is 9.20 Å². The van der Waals surface area contributed by atoms with Gasteiger partial charge in [0.2, 0.25) is 15.9 Å². The molecule has 1 saturated heterocycles. The van der Waals surface area contributed by atoms with Crippen LogP contribution in [0.1, 0.15) is 17.7 Å². The first-order chi connectivity index (χ1) is 8.88. The van der Waals surface area contributed by atoms with E-state index in [1.807, 2.05) is 0 Å². The minimum Gasteiger partial charge on any atom is -0.389 e. The van der Waals surface area contributed by atoms with Gasteiger partial charge in [0.05, 0.1) is 4.88 Å². The predicted molar refractivity (Wildman–Crippen MR) is 76.6 cm³/mol.